The molecule has 5 N–H and O–H groups in total. The first-order valence-electron chi connectivity index (χ1n) is 16.0. The van der Waals surface area contributed by atoms with Crippen LogP contribution in [0.15, 0.2) is 0 Å². The number of ketones is 3. The molecule has 0 aromatic heterocycles. The topological polar surface area (TPSA) is 265 Å². The minimum absolute atomic E-state index is 0.0347. The van der Waals surface area contributed by atoms with Gasteiger partial charge in [0.05, 0.1) is 0 Å². The fourth-order valence-corrected chi connectivity index (χ4v) is 4.73. The first kappa shape index (κ1) is 45.0. The predicted octanol–water partition coefficient (Wildman–Crippen LogP) is 1.07. The van der Waals surface area contributed by atoms with Gasteiger partial charge in [-0.2, -0.15) is 0 Å². The SMILES string of the molecule is COCCOCCCC(=O)[C@@H](CCC(=O)OB=N)NC(=O)[C@H](CCC(=O)OB=N)CC(=O)[C@@H](CC(C)C)NC(=O)[C@@H](CC(C)=O)CC(=O)O. The number of nitrogens with one attached hydrogen (secondary N) is 4. The van der Waals surface area contributed by atoms with Gasteiger partial charge in [0, 0.05) is 7.11 Å². The molecule has 17 nitrogen and oxygen atoms in total. The van der Waals surface area contributed by atoms with Crippen LogP contribution in [0.3, 0.4) is 0 Å². The Hall–Kier alpha value is -3.99. The summed E-state index contributed by atoms with van der Waals surface area (Å²) in [7, 11) is 2.35. The molecule has 0 aliphatic rings. The summed E-state index contributed by atoms with van der Waals surface area (Å²) in [6.45, 7) is 5.65. The van der Waals surface area contributed by atoms with E-state index in [2.05, 4.69) is 19.9 Å². The maximum absolute atomic E-state index is 13.6. The molecule has 0 radical (unpaired) electrons. The molecule has 4 atom stereocenters. The Kier molecular flexibility index (Phi) is 23.8. The second-order valence-corrected chi connectivity index (χ2v) is 11.8. The van der Waals surface area contributed by atoms with Crippen LogP contribution in [0.1, 0.15) is 85.0 Å². The first-order chi connectivity index (χ1) is 23.1. The number of hydrogen-bond donors (Lipinski definition) is 5. The standard InChI is InChI=1S/C30H48B2N4O13/c1-18(2)14-23(36-30(45)21(15-19(3)37)17-26(40)41)25(39)16-20(7-9-27(42)48-31-33)29(44)35-22(8-10-28(43)49-32-34)24(38)6-5-11-47-13-12-46-4/h18,20-23,33-34H,5-17H2,1-4H3,(H,35,44)(H,36,45)(H,40,41)/t20-,21+,22-,23-/m1/s1. The molecule has 19 heteroatoms. The van der Waals surface area contributed by atoms with Crippen LogP contribution >= 0.6 is 0 Å². The van der Waals surface area contributed by atoms with E-state index in [1.807, 2.05) is 0 Å². The Labute approximate surface area is 286 Å². The molecule has 49 heavy (non-hydrogen) atoms. The zero-order valence-electron chi connectivity index (χ0n) is 28.6. The number of methoxy groups -OCH3 is 1. The van der Waals surface area contributed by atoms with Crippen LogP contribution in [0.4, 0.5) is 0 Å². The average Bonchev–Trinajstić information content (AvgIpc) is 3.01. The third-order valence-corrected chi connectivity index (χ3v) is 7.12. The van der Waals surface area contributed by atoms with Crippen molar-refractivity contribution >= 4 is 61.6 Å². The Bertz CT molecular complexity index is 1150. The van der Waals surface area contributed by atoms with Crippen LogP contribution in [0, 0.1) is 28.4 Å². The molecular weight excluding hydrogens is 646 g/mol. The van der Waals surface area contributed by atoms with Crippen molar-refractivity contribution in [3.8, 4) is 0 Å². The minimum atomic E-state index is -1.31. The summed E-state index contributed by atoms with van der Waals surface area (Å²) in [5.41, 5.74) is 0. The third kappa shape index (κ3) is 21.6. The summed E-state index contributed by atoms with van der Waals surface area (Å²) in [6.07, 6.45) is -2.30. The van der Waals surface area contributed by atoms with Gasteiger partial charge in [-0.3, -0.25) is 4.79 Å². The van der Waals surface area contributed by atoms with Crippen molar-refractivity contribution in [3.05, 3.63) is 0 Å². The van der Waals surface area contributed by atoms with Gasteiger partial charge in [-0.25, -0.2) is 0 Å². The van der Waals surface area contributed by atoms with Crippen molar-refractivity contribution in [2.45, 2.75) is 97.1 Å². The zero-order valence-corrected chi connectivity index (χ0v) is 28.6. The minimum Gasteiger partial charge on any atom is -0.481 e. The molecule has 0 spiro atoms. The van der Waals surface area contributed by atoms with Crippen LogP contribution in [0.5, 0.6) is 0 Å². The van der Waals surface area contributed by atoms with Crippen LogP contribution < -0.4 is 10.6 Å². The second kappa shape index (κ2) is 26.0. The second-order valence-electron chi connectivity index (χ2n) is 11.8. The number of carboxylic acid groups (broad SMARTS) is 1. The van der Waals surface area contributed by atoms with E-state index in [0.29, 0.717) is 34.2 Å². The van der Waals surface area contributed by atoms with Gasteiger partial charge in [0.25, 0.3) is 0 Å². The van der Waals surface area contributed by atoms with E-state index in [-0.39, 0.29) is 57.5 Å². The van der Waals surface area contributed by atoms with E-state index in [4.69, 9.17) is 20.1 Å². The van der Waals surface area contributed by atoms with Gasteiger partial charge < -0.3 is 14.6 Å². The molecule has 0 aromatic carbocycles. The number of carbonyl (C=O) groups is 8. The Morgan fingerprint density at radius 2 is 1.29 bits per heavy atom. The van der Waals surface area contributed by atoms with E-state index < -0.39 is 83.8 Å². The summed E-state index contributed by atoms with van der Waals surface area (Å²) < 4.78 is 19.3. The smallest absolute Gasteiger partial charge is 0.481 e. The van der Waals surface area contributed by atoms with Crippen LogP contribution in [-0.2, 0) is 57.1 Å². The van der Waals surface area contributed by atoms with E-state index in [1.54, 1.807) is 13.8 Å². The van der Waals surface area contributed by atoms with Crippen molar-refractivity contribution < 1.29 is 62.2 Å². The molecule has 0 heterocycles. The molecule has 0 saturated carbocycles. The Morgan fingerprint density at radius 1 is 0.714 bits per heavy atom. The normalized spacial score (nSPS) is 13.1. The van der Waals surface area contributed by atoms with E-state index in [9.17, 15) is 43.5 Å². The van der Waals surface area contributed by atoms with Crippen LogP contribution in [-0.4, -0.2) is 106 Å². The van der Waals surface area contributed by atoms with Gasteiger partial charge in [0.1, 0.15) is 5.78 Å². The van der Waals surface area contributed by atoms with Crippen LogP contribution in [0.2, 0.25) is 0 Å². The number of carbonyl (C=O) groups excluding carboxylic acids is 7. The summed E-state index contributed by atoms with van der Waals surface area (Å²) in [6, 6.07) is -2.38. The molecule has 0 rings (SSSR count). The van der Waals surface area contributed by atoms with Crippen molar-refractivity contribution in [1.82, 2.24) is 10.6 Å². The zero-order chi connectivity index (χ0) is 37.4. The number of aliphatic carboxylic acids is 1. The van der Waals surface area contributed by atoms with Gasteiger partial charge in [-0.1, -0.05) is 0 Å². The van der Waals surface area contributed by atoms with Crippen molar-refractivity contribution in [3.63, 3.8) is 0 Å². The fraction of sp³-hybridized carbons (Fsp3) is 0.733. The number of ether oxygens (including phenoxy) is 2. The summed E-state index contributed by atoms with van der Waals surface area (Å²) in [4.78, 5) is 100. The summed E-state index contributed by atoms with van der Waals surface area (Å²) in [5, 5.41) is 28.2. The van der Waals surface area contributed by atoms with Gasteiger partial charge in [-0.05, 0) is 6.92 Å². The molecule has 0 saturated heterocycles. The molecule has 0 bridgehead atoms. The Balaban J connectivity index is 6.13. The van der Waals surface area contributed by atoms with Crippen LogP contribution in [0.25, 0.3) is 0 Å². The molecule has 272 valence electrons. The van der Waals surface area contributed by atoms with Crippen molar-refractivity contribution in [2.75, 3.05) is 26.9 Å². The van der Waals surface area contributed by atoms with Gasteiger partial charge in [0.2, 0.25) is 0 Å². The van der Waals surface area contributed by atoms with E-state index in [0.717, 1.165) is 0 Å². The predicted molar refractivity (Wildman–Crippen MR) is 172 cm³/mol. The fourth-order valence-electron chi connectivity index (χ4n) is 4.73. The average molecular weight is 694 g/mol. The quantitative estimate of drug-likeness (QED) is 0.0543. The van der Waals surface area contributed by atoms with Gasteiger partial charge in [0.15, 0.2) is 0 Å². The number of rotatable bonds is 29. The first-order valence-corrected chi connectivity index (χ1v) is 16.0. The van der Waals surface area contributed by atoms with Gasteiger partial charge >= 0.3 is 248 Å². The van der Waals surface area contributed by atoms with Gasteiger partial charge in [-0.15, -0.1) is 0 Å². The van der Waals surface area contributed by atoms with Crippen molar-refractivity contribution in [1.29, 1.82) is 10.6 Å². The summed E-state index contributed by atoms with van der Waals surface area (Å²) >= 11 is 0. The monoisotopic (exact) mass is 694 g/mol. The third-order valence-electron chi connectivity index (χ3n) is 7.12. The molecule has 0 aliphatic carbocycles. The number of hydrogen-bond acceptors (Lipinski definition) is 14. The number of amides is 2. The van der Waals surface area contributed by atoms with E-state index >= 15 is 0 Å². The number of carboxylic acids is 1. The molecule has 0 aromatic rings. The summed E-state index contributed by atoms with van der Waals surface area (Å²) in [5.74, 6) is -8.70. The molecule has 0 unspecified atom stereocenters. The molecule has 0 aliphatic heterocycles. The van der Waals surface area contributed by atoms with E-state index in [1.165, 1.54) is 14.0 Å². The Morgan fingerprint density at radius 3 is 1.82 bits per heavy atom. The molecular formula is C30H48B2N4O13. The number of Topliss-reactive ketones (excluding diaryl/α,β-unsaturated/α-hetero) is 3. The maximum atomic E-state index is 13.6. The van der Waals surface area contributed by atoms with Crippen molar-refractivity contribution in [2.24, 2.45) is 17.8 Å². The molecule has 2 amide bonds. The molecule has 0 fully saturated rings.